The third kappa shape index (κ3) is 3.33. The predicted molar refractivity (Wildman–Crippen MR) is 104 cm³/mol. The minimum Gasteiger partial charge on any atom is -0.378 e. The molecule has 1 aliphatic rings. The van der Waals surface area contributed by atoms with Gasteiger partial charge in [-0.05, 0) is 41.0 Å². The van der Waals surface area contributed by atoms with Gasteiger partial charge in [-0.2, -0.15) is 0 Å². The van der Waals surface area contributed by atoms with Crippen molar-refractivity contribution in [2.45, 2.75) is 6.92 Å². The number of aromatic nitrogens is 2. The molecule has 2 aromatic carbocycles. The Morgan fingerprint density at radius 1 is 1.22 bits per heavy atom. The summed E-state index contributed by atoms with van der Waals surface area (Å²) in [4.78, 5) is 13.3. The van der Waals surface area contributed by atoms with Crippen molar-refractivity contribution in [3.8, 4) is 0 Å². The van der Waals surface area contributed by atoms with Gasteiger partial charge in [0.15, 0.2) is 5.52 Å². The molecule has 0 amide bonds. The van der Waals surface area contributed by atoms with Crippen molar-refractivity contribution in [2.75, 3.05) is 36.5 Å². The zero-order valence-corrected chi connectivity index (χ0v) is 16.0. The zero-order valence-electron chi connectivity index (χ0n) is 14.4. The summed E-state index contributed by atoms with van der Waals surface area (Å²) in [5, 5.41) is 22.6. The number of halogens is 1. The highest BCUT2D eigenvalue weighted by Gasteiger charge is 2.28. The van der Waals surface area contributed by atoms with Crippen molar-refractivity contribution < 1.29 is 14.3 Å². The summed E-state index contributed by atoms with van der Waals surface area (Å²) in [5.41, 5.74) is 3.19. The molecule has 0 saturated carbocycles. The third-order valence-corrected chi connectivity index (χ3v) is 5.33. The minimum atomic E-state index is -0.471. The van der Waals surface area contributed by atoms with Crippen LogP contribution in [-0.2, 0) is 4.74 Å². The molecule has 1 aromatic heterocycles. The topological polar surface area (TPSA) is 107 Å². The molecule has 0 aliphatic carbocycles. The Bertz CT molecular complexity index is 1020. The van der Waals surface area contributed by atoms with E-state index in [1.807, 2.05) is 25.1 Å². The summed E-state index contributed by atoms with van der Waals surface area (Å²) < 4.78 is 11.1. The lowest BCUT2D eigenvalue weighted by Crippen LogP contribution is -2.36. The molecular formula is C17H16BrN5O4. The molecule has 0 radical (unpaired) electrons. The van der Waals surface area contributed by atoms with Gasteiger partial charge in [-0.1, -0.05) is 22.0 Å². The Hall–Kier alpha value is -2.72. The first-order chi connectivity index (χ1) is 13.0. The van der Waals surface area contributed by atoms with Crippen molar-refractivity contribution in [3.63, 3.8) is 0 Å². The quantitative estimate of drug-likeness (QED) is 0.489. The van der Waals surface area contributed by atoms with Crippen LogP contribution in [-0.4, -0.2) is 41.5 Å². The Balaban J connectivity index is 1.85. The second kappa shape index (κ2) is 7.12. The molecule has 140 valence electrons. The van der Waals surface area contributed by atoms with Gasteiger partial charge in [0.05, 0.1) is 23.8 Å². The fourth-order valence-corrected chi connectivity index (χ4v) is 3.44. The Morgan fingerprint density at radius 3 is 2.67 bits per heavy atom. The number of anilines is 3. The molecule has 0 bridgehead atoms. The number of morpholine rings is 1. The number of nitro benzene ring substituents is 1. The first kappa shape index (κ1) is 17.7. The van der Waals surface area contributed by atoms with Crippen molar-refractivity contribution in [1.29, 1.82) is 0 Å². The van der Waals surface area contributed by atoms with Gasteiger partial charge in [0.1, 0.15) is 5.69 Å². The molecule has 0 spiro atoms. The largest absolute Gasteiger partial charge is 0.378 e. The van der Waals surface area contributed by atoms with Crippen LogP contribution < -0.4 is 10.2 Å². The molecule has 0 unspecified atom stereocenters. The average molecular weight is 434 g/mol. The number of nitro groups is 1. The van der Waals surface area contributed by atoms with E-state index in [4.69, 9.17) is 9.37 Å². The number of ether oxygens (including phenoxy) is 1. The summed E-state index contributed by atoms with van der Waals surface area (Å²) in [6.07, 6.45) is 0. The van der Waals surface area contributed by atoms with E-state index in [0.29, 0.717) is 37.5 Å². The van der Waals surface area contributed by atoms with Crippen molar-refractivity contribution in [1.82, 2.24) is 10.3 Å². The third-order valence-electron chi connectivity index (χ3n) is 4.48. The van der Waals surface area contributed by atoms with Gasteiger partial charge in [-0.15, -0.1) is 0 Å². The number of hydrogen-bond acceptors (Lipinski definition) is 8. The number of hydrogen-bond donors (Lipinski definition) is 1. The van der Waals surface area contributed by atoms with E-state index in [1.165, 1.54) is 0 Å². The minimum absolute atomic E-state index is 0.123. The van der Waals surface area contributed by atoms with Gasteiger partial charge in [0.2, 0.25) is 5.52 Å². The number of nitrogens with one attached hydrogen (secondary N) is 1. The fourth-order valence-electron chi connectivity index (χ4n) is 3.06. The maximum Gasteiger partial charge on any atom is 0.324 e. The number of fused-ring (bicyclic) bond motifs is 1. The van der Waals surface area contributed by atoms with Crippen LogP contribution in [0.15, 0.2) is 33.4 Å². The van der Waals surface area contributed by atoms with Crippen molar-refractivity contribution >= 4 is 49.7 Å². The highest BCUT2D eigenvalue weighted by molar-refractivity contribution is 9.10. The van der Waals surface area contributed by atoms with Crippen LogP contribution in [0.1, 0.15) is 5.56 Å². The molecule has 3 aromatic rings. The molecule has 0 atom stereocenters. The van der Waals surface area contributed by atoms with E-state index in [1.54, 1.807) is 6.07 Å². The van der Waals surface area contributed by atoms with Crippen LogP contribution in [0.3, 0.4) is 0 Å². The Kier molecular flexibility index (Phi) is 4.66. The van der Waals surface area contributed by atoms with Crippen LogP contribution in [0.2, 0.25) is 0 Å². The van der Waals surface area contributed by atoms with Crippen LogP contribution >= 0.6 is 15.9 Å². The molecule has 27 heavy (non-hydrogen) atoms. The van der Waals surface area contributed by atoms with Gasteiger partial charge in [-0.3, -0.25) is 10.1 Å². The first-order valence-electron chi connectivity index (χ1n) is 8.34. The second-order valence-corrected chi connectivity index (χ2v) is 7.05. The number of benzene rings is 2. The molecule has 1 saturated heterocycles. The van der Waals surface area contributed by atoms with Gasteiger partial charge < -0.3 is 15.0 Å². The van der Waals surface area contributed by atoms with E-state index < -0.39 is 4.92 Å². The molecule has 9 nitrogen and oxygen atoms in total. The predicted octanol–water partition coefficient (Wildman–Crippen LogP) is 3.78. The summed E-state index contributed by atoms with van der Waals surface area (Å²) in [7, 11) is 0. The van der Waals surface area contributed by atoms with Crippen molar-refractivity contribution in [3.05, 3.63) is 44.4 Å². The number of aryl methyl sites for hydroxylation is 1. The van der Waals surface area contributed by atoms with Crippen LogP contribution in [0, 0.1) is 17.0 Å². The summed E-state index contributed by atoms with van der Waals surface area (Å²) in [5.74, 6) is 0. The lowest BCUT2D eigenvalue weighted by molar-refractivity contribution is -0.382. The van der Waals surface area contributed by atoms with E-state index >= 15 is 0 Å². The lowest BCUT2D eigenvalue weighted by Gasteiger charge is -2.29. The van der Waals surface area contributed by atoms with Crippen LogP contribution in [0.25, 0.3) is 11.0 Å². The average Bonchev–Trinajstić information content (AvgIpc) is 3.13. The zero-order chi connectivity index (χ0) is 19.0. The van der Waals surface area contributed by atoms with Crippen LogP contribution in [0.5, 0.6) is 0 Å². The second-order valence-electron chi connectivity index (χ2n) is 6.20. The highest BCUT2D eigenvalue weighted by atomic mass is 79.9. The molecule has 4 rings (SSSR count). The Morgan fingerprint density at radius 2 is 1.96 bits per heavy atom. The van der Waals surface area contributed by atoms with E-state index in [0.717, 1.165) is 21.4 Å². The molecule has 1 aliphatic heterocycles. The maximum atomic E-state index is 11.7. The standard InChI is InChI=1S/C17H16BrN5O4/c1-10-2-3-11(8-12(10)18)19-13-9-14(22-4-6-26-7-5-22)15-16(21-27-20-15)17(13)23(24)25/h2-3,8-9,19H,4-7H2,1H3. The smallest absolute Gasteiger partial charge is 0.324 e. The van der Waals surface area contributed by atoms with Crippen LogP contribution in [0.4, 0.5) is 22.7 Å². The molecule has 2 heterocycles. The number of rotatable bonds is 4. The molecule has 10 heteroatoms. The lowest BCUT2D eigenvalue weighted by atomic mass is 10.1. The number of nitrogens with zero attached hydrogens (tertiary/aromatic N) is 4. The maximum absolute atomic E-state index is 11.7. The monoisotopic (exact) mass is 433 g/mol. The van der Waals surface area contributed by atoms with Gasteiger partial charge in [0.25, 0.3) is 0 Å². The SMILES string of the molecule is Cc1ccc(Nc2cc(N3CCOCC3)c3nonc3c2[N+](=O)[O-])cc1Br. The van der Waals surface area contributed by atoms with E-state index in [2.05, 4.69) is 36.5 Å². The summed E-state index contributed by atoms with van der Waals surface area (Å²) in [6.45, 7) is 4.46. The normalized spacial score (nSPS) is 14.5. The van der Waals surface area contributed by atoms with E-state index in [9.17, 15) is 10.1 Å². The molecular weight excluding hydrogens is 418 g/mol. The van der Waals surface area contributed by atoms with Gasteiger partial charge in [0, 0.05) is 23.2 Å². The van der Waals surface area contributed by atoms with E-state index in [-0.39, 0.29) is 11.2 Å². The van der Waals surface area contributed by atoms with Gasteiger partial charge >= 0.3 is 5.69 Å². The fraction of sp³-hybridized carbons (Fsp3) is 0.294. The first-order valence-corrected chi connectivity index (χ1v) is 9.13. The Labute approximate surface area is 162 Å². The van der Waals surface area contributed by atoms with Crippen molar-refractivity contribution in [2.24, 2.45) is 0 Å². The summed E-state index contributed by atoms with van der Waals surface area (Å²) >= 11 is 3.48. The van der Waals surface area contributed by atoms with Gasteiger partial charge in [-0.25, -0.2) is 4.63 Å². The molecule has 1 fully saturated rings. The highest BCUT2D eigenvalue weighted by Crippen LogP contribution is 2.40. The molecule has 1 N–H and O–H groups in total. The summed E-state index contributed by atoms with van der Waals surface area (Å²) in [6, 6.07) is 7.39.